The van der Waals surface area contributed by atoms with E-state index in [0.29, 0.717) is 12.0 Å². The second kappa shape index (κ2) is 5.73. The summed E-state index contributed by atoms with van der Waals surface area (Å²) in [5, 5.41) is 8.91. The van der Waals surface area contributed by atoms with Crippen molar-refractivity contribution in [3.05, 3.63) is 0 Å². The molecule has 0 atom stereocenters. The Kier molecular flexibility index (Phi) is 5.07. The molecule has 0 radical (unpaired) electrons. The van der Waals surface area contributed by atoms with E-state index in [1.807, 2.05) is 0 Å². The number of aliphatic hydroxyl groups is 1. The van der Waals surface area contributed by atoms with Gasteiger partial charge in [0.1, 0.15) is 0 Å². The normalized spacial score (nSPS) is 23.3. The Morgan fingerprint density at radius 1 is 0.882 bits per heavy atom. The molecule has 2 rings (SSSR count). The minimum Gasteiger partial charge on any atom is -0.396 e. The summed E-state index contributed by atoms with van der Waals surface area (Å²) in [5.41, 5.74) is 1.14. The second-order valence-electron chi connectivity index (χ2n) is 7.66. The van der Waals surface area contributed by atoms with Crippen molar-refractivity contribution in [2.45, 2.75) is 73.1 Å². The first-order valence-corrected chi connectivity index (χ1v) is 7.42. The van der Waals surface area contributed by atoms with Crippen LogP contribution in [0.5, 0.6) is 0 Å². The van der Waals surface area contributed by atoms with E-state index in [9.17, 15) is 0 Å². The molecule has 2 aliphatic carbocycles. The molecular formula is C16H32O. The van der Waals surface area contributed by atoms with Crippen molar-refractivity contribution < 1.29 is 5.11 Å². The van der Waals surface area contributed by atoms with E-state index in [4.69, 9.17) is 5.11 Å². The molecule has 2 saturated carbocycles. The smallest absolute Gasteiger partial charge is 0.0487 e. The zero-order valence-corrected chi connectivity index (χ0v) is 12.6. The maximum atomic E-state index is 8.91. The molecule has 0 aliphatic heterocycles. The maximum Gasteiger partial charge on any atom is 0.0487 e. The molecule has 0 spiro atoms. The molecule has 2 aliphatic rings. The van der Waals surface area contributed by atoms with Crippen molar-refractivity contribution in [2.75, 3.05) is 6.61 Å². The summed E-state index contributed by atoms with van der Waals surface area (Å²) < 4.78 is 0. The van der Waals surface area contributed by atoms with Crippen LogP contribution in [0, 0.1) is 22.7 Å². The van der Waals surface area contributed by atoms with Gasteiger partial charge < -0.3 is 5.11 Å². The maximum absolute atomic E-state index is 8.91. The van der Waals surface area contributed by atoms with E-state index < -0.39 is 0 Å². The van der Waals surface area contributed by atoms with Crippen LogP contribution in [0.15, 0.2) is 0 Å². The lowest BCUT2D eigenvalue weighted by atomic mass is 9.95. The lowest BCUT2D eigenvalue weighted by Crippen LogP contribution is -2.09. The predicted octanol–water partition coefficient (Wildman–Crippen LogP) is 4.64. The van der Waals surface area contributed by atoms with Gasteiger partial charge in [-0.3, -0.25) is 0 Å². The standard InChI is InChI=1S/C8H16O.C8H16/c1-7(2)5-8(6-9)3-4-8;1-7(2)6-8(3)4-5-8/h7,9H,3-6H2,1-2H3;7H,4-6H2,1-3H3. The fourth-order valence-corrected chi connectivity index (χ4v) is 2.87. The van der Waals surface area contributed by atoms with Crippen LogP contribution >= 0.6 is 0 Å². The van der Waals surface area contributed by atoms with Gasteiger partial charge in [0, 0.05) is 6.61 Å². The Hall–Kier alpha value is -0.0400. The van der Waals surface area contributed by atoms with Gasteiger partial charge in [0.15, 0.2) is 0 Å². The van der Waals surface area contributed by atoms with Crippen LogP contribution in [0.1, 0.15) is 73.1 Å². The summed E-state index contributed by atoms with van der Waals surface area (Å²) >= 11 is 0. The zero-order valence-electron chi connectivity index (χ0n) is 12.6. The van der Waals surface area contributed by atoms with Crippen molar-refractivity contribution in [2.24, 2.45) is 22.7 Å². The first-order valence-electron chi connectivity index (χ1n) is 7.42. The summed E-state index contributed by atoms with van der Waals surface area (Å²) in [4.78, 5) is 0. The van der Waals surface area contributed by atoms with Crippen molar-refractivity contribution >= 4 is 0 Å². The van der Waals surface area contributed by atoms with Gasteiger partial charge in [-0.15, -0.1) is 0 Å². The molecule has 17 heavy (non-hydrogen) atoms. The third kappa shape index (κ3) is 5.90. The van der Waals surface area contributed by atoms with Crippen molar-refractivity contribution in [1.82, 2.24) is 0 Å². The second-order valence-corrected chi connectivity index (χ2v) is 7.66. The molecule has 2 fully saturated rings. The lowest BCUT2D eigenvalue weighted by Gasteiger charge is -2.13. The van der Waals surface area contributed by atoms with Crippen LogP contribution in [0.3, 0.4) is 0 Å². The molecule has 0 aromatic rings. The first-order chi connectivity index (χ1) is 7.81. The molecule has 102 valence electrons. The van der Waals surface area contributed by atoms with Gasteiger partial charge in [0.25, 0.3) is 0 Å². The highest BCUT2D eigenvalue weighted by atomic mass is 16.3. The number of rotatable bonds is 5. The molecule has 1 heteroatoms. The van der Waals surface area contributed by atoms with Crippen molar-refractivity contribution in [3.8, 4) is 0 Å². The van der Waals surface area contributed by atoms with Gasteiger partial charge in [-0.25, -0.2) is 0 Å². The largest absolute Gasteiger partial charge is 0.396 e. The minimum absolute atomic E-state index is 0.369. The van der Waals surface area contributed by atoms with Gasteiger partial charge in [0.2, 0.25) is 0 Å². The highest BCUT2D eigenvalue weighted by Gasteiger charge is 2.41. The minimum atomic E-state index is 0.369. The fourth-order valence-electron chi connectivity index (χ4n) is 2.87. The Labute approximate surface area is 108 Å². The quantitative estimate of drug-likeness (QED) is 0.742. The molecule has 0 unspecified atom stereocenters. The third-order valence-corrected chi connectivity index (χ3v) is 4.14. The van der Waals surface area contributed by atoms with E-state index in [0.717, 1.165) is 17.3 Å². The van der Waals surface area contributed by atoms with Crippen molar-refractivity contribution in [1.29, 1.82) is 0 Å². The van der Waals surface area contributed by atoms with Crippen LogP contribution in [0.25, 0.3) is 0 Å². The molecule has 1 N–H and O–H groups in total. The van der Waals surface area contributed by atoms with Gasteiger partial charge in [-0.1, -0.05) is 34.6 Å². The number of hydrogen-bond acceptors (Lipinski definition) is 1. The van der Waals surface area contributed by atoms with Gasteiger partial charge >= 0.3 is 0 Å². The number of aliphatic hydroxyl groups excluding tert-OH is 1. The Bertz CT molecular complexity index is 222. The van der Waals surface area contributed by atoms with Crippen LogP contribution in [0.4, 0.5) is 0 Å². The average molecular weight is 240 g/mol. The third-order valence-electron chi connectivity index (χ3n) is 4.14. The molecule has 0 aromatic heterocycles. The monoisotopic (exact) mass is 240 g/mol. The van der Waals surface area contributed by atoms with Crippen LogP contribution in [0.2, 0.25) is 0 Å². The Balaban J connectivity index is 0.000000171. The predicted molar refractivity (Wildman–Crippen MR) is 75.0 cm³/mol. The summed E-state index contributed by atoms with van der Waals surface area (Å²) in [6.07, 6.45) is 8.11. The first kappa shape index (κ1) is 15.0. The van der Waals surface area contributed by atoms with E-state index in [1.165, 1.54) is 38.5 Å². The van der Waals surface area contributed by atoms with Crippen LogP contribution in [-0.2, 0) is 0 Å². The SMILES string of the molecule is CC(C)CC1(C)CC1.CC(C)CC1(CO)CC1. The highest BCUT2D eigenvalue weighted by Crippen LogP contribution is 2.50. The van der Waals surface area contributed by atoms with Crippen LogP contribution < -0.4 is 0 Å². The fraction of sp³-hybridized carbons (Fsp3) is 1.00. The highest BCUT2D eigenvalue weighted by molar-refractivity contribution is 4.92. The molecule has 0 amide bonds. The van der Waals surface area contributed by atoms with Gasteiger partial charge in [0.05, 0.1) is 0 Å². The van der Waals surface area contributed by atoms with Crippen LogP contribution in [-0.4, -0.2) is 11.7 Å². The van der Waals surface area contributed by atoms with Gasteiger partial charge in [-0.05, 0) is 61.2 Å². The molecule has 0 saturated heterocycles. The van der Waals surface area contributed by atoms with E-state index in [-0.39, 0.29) is 0 Å². The average Bonchev–Trinajstić information content (AvgIpc) is 3.06. The summed E-state index contributed by atoms with van der Waals surface area (Å²) in [6, 6.07) is 0. The van der Waals surface area contributed by atoms with E-state index >= 15 is 0 Å². The summed E-state index contributed by atoms with van der Waals surface area (Å²) in [6.45, 7) is 11.9. The van der Waals surface area contributed by atoms with Gasteiger partial charge in [-0.2, -0.15) is 0 Å². The number of hydrogen-bond donors (Lipinski definition) is 1. The summed E-state index contributed by atoms with van der Waals surface area (Å²) in [7, 11) is 0. The van der Waals surface area contributed by atoms with Crippen molar-refractivity contribution in [3.63, 3.8) is 0 Å². The molecular weight excluding hydrogens is 208 g/mol. The molecule has 0 heterocycles. The lowest BCUT2D eigenvalue weighted by molar-refractivity contribution is 0.190. The summed E-state index contributed by atoms with van der Waals surface area (Å²) in [5.74, 6) is 1.65. The van der Waals surface area contributed by atoms with E-state index in [2.05, 4.69) is 34.6 Å². The molecule has 0 bridgehead atoms. The topological polar surface area (TPSA) is 20.2 Å². The Morgan fingerprint density at radius 3 is 1.47 bits per heavy atom. The van der Waals surface area contributed by atoms with E-state index in [1.54, 1.807) is 0 Å². The molecule has 0 aromatic carbocycles. The molecule has 1 nitrogen and oxygen atoms in total. The Morgan fingerprint density at radius 2 is 1.35 bits per heavy atom. The zero-order chi connectivity index (χ0) is 13.1.